The first kappa shape index (κ1) is 120. The van der Waals surface area contributed by atoms with Crippen molar-refractivity contribution in [3.8, 4) is 23.0 Å². The maximum atomic E-state index is 5.98. The van der Waals surface area contributed by atoms with Crippen molar-refractivity contribution in [2.24, 2.45) is 10.2 Å². The third-order valence-electron chi connectivity index (χ3n) is 7.38. The minimum absolute atomic E-state index is 0. The van der Waals surface area contributed by atoms with E-state index in [2.05, 4.69) is 184 Å². The molecule has 0 saturated carbocycles. The number of nitrogens with zero attached hydrogens (tertiary/aromatic N) is 2. The van der Waals surface area contributed by atoms with Crippen LogP contribution >= 0.6 is 127 Å². The highest BCUT2D eigenvalue weighted by atomic mass is 79.9. The van der Waals surface area contributed by atoms with Gasteiger partial charge in [-0.25, -0.2) is 0 Å². The molecule has 0 unspecified atom stereocenters. The molecule has 2 aliphatic rings. The molecule has 0 atom stereocenters. The molecular formula is C48H102Br16N10O12. The number of azo groups is 1. The quantitative estimate of drug-likeness (QED) is 0.0813. The zero-order valence-electron chi connectivity index (χ0n) is 49.4. The van der Waals surface area contributed by atoms with Crippen LogP contribution in [-0.4, -0.2) is 227 Å². The summed E-state index contributed by atoms with van der Waals surface area (Å²) in [5, 5.41) is 17.0. The number of alkyl halides is 8. The van der Waals surface area contributed by atoms with E-state index in [-0.39, 0.29) is 136 Å². The Hall–Kier alpha value is 4.28. The number of fused-ring (bicyclic) bond motifs is 2. The predicted octanol–water partition coefficient (Wildman–Crippen LogP) is -23.2. The molecule has 0 radical (unpaired) electrons. The maximum absolute atomic E-state index is 5.98. The molecule has 38 heteroatoms. The van der Waals surface area contributed by atoms with Crippen molar-refractivity contribution in [3.05, 3.63) is 36.4 Å². The third kappa shape index (κ3) is 102. The summed E-state index contributed by atoms with van der Waals surface area (Å²) < 4.78 is 68.2. The van der Waals surface area contributed by atoms with E-state index in [1.165, 1.54) is 0 Å². The molecule has 2 aromatic carbocycles. The summed E-state index contributed by atoms with van der Waals surface area (Å²) in [5.74, 6) is 2.20. The summed E-state index contributed by atoms with van der Waals surface area (Å²) >= 11 is 25.5. The number of rotatable bonds is 10. The van der Waals surface area contributed by atoms with Crippen LogP contribution in [0.25, 0.3) is 0 Å². The minimum Gasteiger partial charge on any atom is -1.00 e. The summed E-state index contributed by atoms with van der Waals surface area (Å²) in [5.41, 5.74) is 29.6. The smallest absolute Gasteiger partial charge is 0.163 e. The fraction of sp³-hybridized carbons (Fsp3) is 0.750. The van der Waals surface area contributed by atoms with Gasteiger partial charge in [0.05, 0.1) is 212 Å². The summed E-state index contributed by atoms with van der Waals surface area (Å²) in [6.07, 6.45) is 0. The van der Waals surface area contributed by atoms with E-state index in [1.54, 1.807) is 36.4 Å². The first-order valence-corrected chi connectivity index (χ1v) is 34.8. The van der Waals surface area contributed by atoms with E-state index in [1.807, 2.05) is 0 Å². The maximum Gasteiger partial charge on any atom is 0.163 e. The van der Waals surface area contributed by atoms with Crippen molar-refractivity contribution in [1.82, 2.24) is 0 Å². The molecule has 86 heavy (non-hydrogen) atoms. The second-order valence-corrected chi connectivity index (χ2v) is 20.4. The molecule has 0 saturated heterocycles. The van der Waals surface area contributed by atoms with Crippen LogP contribution in [0.15, 0.2) is 46.6 Å². The lowest BCUT2D eigenvalue weighted by Gasteiger charge is -2.15. The fourth-order valence-corrected chi connectivity index (χ4v) is 4.06. The van der Waals surface area contributed by atoms with Gasteiger partial charge in [-0.2, -0.15) is 10.2 Å². The average molecular weight is 2290 g/mol. The molecular weight excluding hydrogens is 2190 g/mol. The monoisotopic (exact) mass is 2270 g/mol. The molecule has 0 fully saturated rings. The van der Waals surface area contributed by atoms with E-state index in [0.29, 0.717) is 167 Å². The van der Waals surface area contributed by atoms with E-state index in [0.717, 1.165) is 95.0 Å². The lowest BCUT2D eigenvalue weighted by Crippen LogP contribution is -3.00. The van der Waals surface area contributed by atoms with Gasteiger partial charge in [0.15, 0.2) is 23.0 Å². The van der Waals surface area contributed by atoms with Crippen LogP contribution in [-0.2, 0) is 37.9 Å². The van der Waals surface area contributed by atoms with E-state index < -0.39 is 0 Å². The number of ether oxygens (including phenoxy) is 12. The zero-order valence-corrected chi connectivity index (χ0v) is 74.8. The molecule has 0 aromatic heterocycles. The van der Waals surface area contributed by atoms with Crippen LogP contribution in [0.2, 0.25) is 0 Å². The van der Waals surface area contributed by atoms with Gasteiger partial charge in [0, 0.05) is 12.1 Å². The molecule has 528 valence electrons. The number of quaternary nitrogens is 8. The van der Waals surface area contributed by atoms with Crippen LogP contribution in [0.4, 0.5) is 11.4 Å². The highest BCUT2D eigenvalue weighted by Crippen LogP contribution is 2.35. The Morgan fingerprint density at radius 3 is 0.535 bits per heavy atom. The van der Waals surface area contributed by atoms with Crippen molar-refractivity contribution in [1.29, 1.82) is 0 Å². The van der Waals surface area contributed by atoms with Crippen molar-refractivity contribution in [2.45, 2.75) is 0 Å². The Bertz CT molecular complexity index is 1320. The van der Waals surface area contributed by atoms with Crippen LogP contribution in [0.3, 0.4) is 0 Å². The Balaban J connectivity index is -0.000000101. The molecule has 24 N–H and O–H groups in total. The van der Waals surface area contributed by atoms with Crippen LogP contribution in [0.1, 0.15) is 0 Å². The molecule has 0 amide bonds. The molecule has 0 bridgehead atoms. The largest absolute Gasteiger partial charge is 1.00 e. The number of halogens is 16. The van der Waals surface area contributed by atoms with Gasteiger partial charge in [-0.15, -0.1) is 0 Å². The van der Waals surface area contributed by atoms with Crippen molar-refractivity contribution < 1.29 is 239 Å². The SMILES string of the molecule is [Br-].[Br-].[Br-].[Br-].[Br-].[Br-].[Br-].[Br-].[NH3+]CCBr.[NH3+]CCBr.[NH3+]CCBr.[NH3+]CCBr.[NH3+]CCBr.[NH3+]CCBr.[NH3+]CCBr.[NH3+]CCBr.c1cc2c(cc1N=Nc1ccc3c(c1)OCCOCCOCCOCCOCCO3)OCCOCCOCCOCCOCCO2. The number of benzene rings is 2. The predicted molar refractivity (Wildman–Crippen MR) is 338 cm³/mol. The normalized spacial score (nSPS) is 13.5. The second kappa shape index (κ2) is 114. The van der Waals surface area contributed by atoms with E-state index >= 15 is 0 Å². The molecule has 4 rings (SSSR count). The Labute approximate surface area is 665 Å². The van der Waals surface area contributed by atoms with Crippen molar-refractivity contribution >= 4 is 139 Å². The molecule has 2 aliphatic heterocycles. The average Bonchev–Trinajstić information content (AvgIpc) is 3.50. The van der Waals surface area contributed by atoms with E-state index in [9.17, 15) is 0 Å². The topological polar surface area (TPSA) is 357 Å². The Kier molecular flexibility index (Phi) is 159. The summed E-state index contributed by atoms with van der Waals surface area (Å²) in [4.78, 5) is 0. The van der Waals surface area contributed by atoms with Gasteiger partial charge in [0.2, 0.25) is 0 Å². The van der Waals surface area contributed by atoms with Gasteiger partial charge in [0.25, 0.3) is 0 Å². The second-order valence-electron chi connectivity index (χ2n) is 14.1. The standard InChI is InChI=1S/C32H46N2O12.8C2H6BrN.8BrH/c1-3-29-31(45-23-19-41-15-11-37-7-5-35-9-13-39-17-21-43-29)25-27(1)33-34-28-2-4-30-32(26-28)46-24-20-42-16-12-38-8-6-36-10-14-40-18-22-44-30;8*3-1-2-4;;;;;;;;/h1-4,25-26H,5-24H2;8*1-2,4H2;8*1H. The molecule has 0 aliphatic carbocycles. The van der Waals surface area contributed by atoms with Gasteiger partial charge in [-0.05, 0) is 24.3 Å². The van der Waals surface area contributed by atoms with Crippen molar-refractivity contribution in [3.63, 3.8) is 0 Å². The number of hydrogen-bond acceptors (Lipinski definition) is 14. The van der Waals surface area contributed by atoms with E-state index in [4.69, 9.17) is 56.8 Å². The van der Waals surface area contributed by atoms with Gasteiger partial charge < -0.3 is 239 Å². The third-order valence-corrected chi connectivity index (χ3v) is 11.9. The summed E-state index contributed by atoms with van der Waals surface area (Å²) in [6.45, 7) is 16.8. The van der Waals surface area contributed by atoms with Gasteiger partial charge in [-0.3, -0.25) is 0 Å². The number of hydrogen-bond donors (Lipinski definition) is 8. The van der Waals surface area contributed by atoms with Crippen LogP contribution in [0.5, 0.6) is 23.0 Å². The highest BCUT2D eigenvalue weighted by molar-refractivity contribution is 9.10. The fourth-order valence-electron chi connectivity index (χ4n) is 4.06. The molecule has 2 aromatic rings. The van der Waals surface area contributed by atoms with Gasteiger partial charge in [-0.1, -0.05) is 127 Å². The summed E-state index contributed by atoms with van der Waals surface area (Å²) in [6, 6.07) is 10.8. The van der Waals surface area contributed by atoms with Crippen LogP contribution < -0.4 is 201 Å². The zero-order chi connectivity index (χ0) is 59.1. The first-order valence-electron chi connectivity index (χ1n) is 25.9. The van der Waals surface area contributed by atoms with Gasteiger partial charge in [0.1, 0.15) is 26.4 Å². The van der Waals surface area contributed by atoms with Crippen molar-refractivity contribution in [2.75, 3.05) is 227 Å². The van der Waals surface area contributed by atoms with Crippen LogP contribution in [0, 0.1) is 0 Å². The Morgan fingerprint density at radius 1 is 0.244 bits per heavy atom. The lowest BCUT2D eigenvalue weighted by atomic mass is 10.2. The molecule has 22 nitrogen and oxygen atoms in total. The summed E-state index contributed by atoms with van der Waals surface area (Å²) in [7, 11) is 0. The molecule has 2 heterocycles. The Morgan fingerprint density at radius 2 is 0.384 bits per heavy atom. The molecule has 0 spiro atoms. The minimum atomic E-state index is 0. The highest BCUT2D eigenvalue weighted by Gasteiger charge is 2.11. The first-order chi connectivity index (χ1) is 38.2. The lowest BCUT2D eigenvalue weighted by molar-refractivity contribution is -0.360. The van der Waals surface area contributed by atoms with Gasteiger partial charge >= 0.3 is 0 Å².